The number of aliphatic carboxylic acids is 1. The standard InChI is InChI=1S/C18H22N4O3/c1-13-4-2-6-15(10-13)22-12-16(19-20-22)18(25)21-9-3-5-14(11-21)7-8-17(23)24/h2,4,6,10,12,14H,3,5,7-9,11H2,1H3,(H,23,24)/t14-/m1/s1. The maximum absolute atomic E-state index is 12.7. The molecule has 7 heteroatoms. The van der Waals surface area contributed by atoms with Crippen molar-refractivity contribution in [3.63, 3.8) is 0 Å². The van der Waals surface area contributed by atoms with E-state index in [9.17, 15) is 9.59 Å². The van der Waals surface area contributed by atoms with Crippen molar-refractivity contribution < 1.29 is 14.7 Å². The maximum atomic E-state index is 12.7. The van der Waals surface area contributed by atoms with Gasteiger partial charge in [0.1, 0.15) is 0 Å². The van der Waals surface area contributed by atoms with Gasteiger partial charge < -0.3 is 10.0 Å². The summed E-state index contributed by atoms with van der Waals surface area (Å²) in [5.41, 5.74) is 2.29. The highest BCUT2D eigenvalue weighted by molar-refractivity contribution is 5.92. The highest BCUT2D eigenvalue weighted by Gasteiger charge is 2.26. The van der Waals surface area contributed by atoms with Gasteiger partial charge in [0.25, 0.3) is 5.91 Å². The lowest BCUT2D eigenvalue weighted by atomic mass is 9.93. The van der Waals surface area contributed by atoms with E-state index >= 15 is 0 Å². The molecule has 132 valence electrons. The Morgan fingerprint density at radius 2 is 2.20 bits per heavy atom. The van der Waals surface area contributed by atoms with Gasteiger partial charge in [-0.3, -0.25) is 9.59 Å². The quantitative estimate of drug-likeness (QED) is 0.900. The Morgan fingerprint density at radius 3 is 2.96 bits per heavy atom. The van der Waals surface area contributed by atoms with E-state index in [1.165, 1.54) is 0 Å². The zero-order valence-corrected chi connectivity index (χ0v) is 14.3. The monoisotopic (exact) mass is 342 g/mol. The smallest absolute Gasteiger partial charge is 0.303 e. The largest absolute Gasteiger partial charge is 0.481 e. The minimum Gasteiger partial charge on any atom is -0.481 e. The Balaban J connectivity index is 1.67. The van der Waals surface area contributed by atoms with Crippen LogP contribution in [0, 0.1) is 12.8 Å². The van der Waals surface area contributed by atoms with Crippen LogP contribution in [0.5, 0.6) is 0 Å². The van der Waals surface area contributed by atoms with Crippen molar-refractivity contribution in [3.8, 4) is 5.69 Å². The van der Waals surface area contributed by atoms with Gasteiger partial charge in [0.2, 0.25) is 0 Å². The van der Waals surface area contributed by atoms with Gasteiger partial charge in [0.15, 0.2) is 5.69 Å². The summed E-state index contributed by atoms with van der Waals surface area (Å²) < 4.78 is 1.60. The Bertz CT molecular complexity index is 771. The summed E-state index contributed by atoms with van der Waals surface area (Å²) in [5, 5.41) is 16.9. The van der Waals surface area contributed by atoms with E-state index in [0.29, 0.717) is 25.2 Å². The molecule has 1 fully saturated rings. The highest BCUT2D eigenvalue weighted by atomic mass is 16.4. The molecule has 0 bridgehead atoms. The van der Waals surface area contributed by atoms with Crippen LogP contribution in [0.3, 0.4) is 0 Å². The molecule has 1 aromatic carbocycles. The molecule has 0 radical (unpaired) electrons. The minimum atomic E-state index is -0.787. The van der Waals surface area contributed by atoms with Gasteiger partial charge >= 0.3 is 5.97 Å². The molecular formula is C18H22N4O3. The molecule has 2 heterocycles. The van der Waals surface area contributed by atoms with Crippen LogP contribution in [-0.2, 0) is 4.79 Å². The first kappa shape index (κ1) is 17.1. The molecule has 0 aliphatic carbocycles. The van der Waals surface area contributed by atoms with Crippen LogP contribution in [0.15, 0.2) is 30.5 Å². The van der Waals surface area contributed by atoms with Crippen molar-refractivity contribution in [1.29, 1.82) is 0 Å². The Morgan fingerprint density at radius 1 is 1.36 bits per heavy atom. The normalized spacial score (nSPS) is 17.5. The summed E-state index contributed by atoms with van der Waals surface area (Å²) in [7, 11) is 0. The average Bonchev–Trinajstić information content (AvgIpc) is 3.10. The lowest BCUT2D eigenvalue weighted by molar-refractivity contribution is -0.137. The van der Waals surface area contributed by atoms with Crippen molar-refractivity contribution in [2.24, 2.45) is 5.92 Å². The predicted octanol–water partition coefficient (Wildman–Crippen LogP) is 2.29. The summed E-state index contributed by atoms with van der Waals surface area (Å²) in [4.78, 5) is 25.2. The SMILES string of the molecule is Cc1cccc(-n2cc(C(=O)N3CCC[C@H](CCC(=O)O)C3)nn2)c1. The summed E-state index contributed by atoms with van der Waals surface area (Å²) in [6.45, 7) is 3.26. The number of benzene rings is 1. The molecule has 1 aliphatic rings. The van der Waals surface area contributed by atoms with Crippen LogP contribution in [0.4, 0.5) is 0 Å². The number of rotatable bonds is 5. The molecule has 0 saturated carbocycles. The van der Waals surface area contributed by atoms with Crippen molar-refractivity contribution in [3.05, 3.63) is 41.7 Å². The van der Waals surface area contributed by atoms with Crippen molar-refractivity contribution in [2.45, 2.75) is 32.6 Å². The topological polar surface area (TPSA) is 88.3 Å². The van der Waals surface area contributed by atoms with E-state index < -0.39 is 5.97 Å². The third-order valence-corrected chi connectivity index (χ3v) is 4.55. The van der Waals surface area contributed by atoms with E-state index in [1.54, 1.807) is 15.8 Å². The second-order valence-corrected chi connectivity index (χ2v) is 6.58. The lowest BCUT2D eigenvalue weighted by Crippen LogP contribution is -2.40. The molecule has 1 N–H and O–H groups in total. The predicted molar refractivity (Wildman–Crippen MR) is 91.6 cm³/mol. The molecule has 2 aromatic rings. The second-order valence-electron chi connectivity index (χ2n) is 6.58. The Kier molecular flexibility index (Phi) is 5.11. The van der Waals surface area contributed by atoms with Gasteiger partial charge in [0, 0.05) is 19.5 Å². The molecule has 0 unspecified atom stereocenters. The Labute approximate surface area is 146 Å². The number of amides is 1. The average molecular weight is 342 g/mol. The molecule has 1 atom stereocenters. The van der Waals surface area contributed by atoms with Gasteiger partial charge in [-0.05, 0) is 49.8 Å². The number of carbonyl (C=O) groups is 2. The van der Waals surface area contributed by atoms with Gasteiger partial charge in [-0.1, -0.05) is 17.3 Å². The number of nitrogens with zero attached hydrogens (tertiary/aromatic N) is 4. The maximum Gasteiger partial charge on any atom is 0.303 e. The first-order chi connectivity index (χ1) is 12.0. The zero-order valence-electron chi connectivity index (χ0n) is 14.3. The molecule has 0 spiro atoms. The number of carboxylic acids is 1. The van der Waals surface area contributed by atoms with E-state index in [4.69, 9.17) is 5.11 Å². The first-order valence-electron chi connectivity index (χ1n) is 8.53. The van der Waals surface area contributed by atoms with E-state index in [2.05, 4.69) is 10.3 Å². The molecule has 1 aromatic heterocycles. The summed E-state index contributed by atoms with van der Waals surface area (Å²) in [5.74, 6) is -0.691. The number of hydrogen-bond acceptors (Lipinski definition) is 4. The number of aryl methyl sites for hydroxylation is 1. The van der Waals surface area contributed by atoms with Crippen molar-refractivity contribution >= 4 is 11.9 Å². The number of carbonyl (C=O) groups excluding carboxylic acids is 1. The van der Waals surface area contributed by atoms with Crippen LogP contribution in [-0.4, -0.2) is 50.0 Å². The second kappa shape index (κ2) is 7.46. The summed E-state index contributed by atoms with van der Waals surface area (Å²) >= 11 is 0. The third kappa shape index (κ3) is 4.23. The molecule has 25 heavy (non-hydrogen) atoms. The number of piperidine rings is 1. The van der Waals surface area contributed by atoms with Crippen molar-refractivity contribution in [1.82, 2.24) is 19.9 Å². The van der Waals surface area contributed by atoms with Crippen LogP contribution in [0.2, 0.25) is 0 Å². The fourth-order valence-electron chi connectivity index (χ4n) is 3.23. The lowest BCUT2D eigenvalue weighted by Gasteiger charge is -2.32. The first-order valence-corrected chi connectivity index (χ1v) is 8.53. The number of likely N-dealkylation sites (tertiary alicyclic amines) is 1. The third-order valence-electron chi connectivity index (χ3n) is 4.55. The Hall–Kier alpha value is -2.70. The summed E-state index contributed by atoms with van der Waals surface area (Å²) in [6, 6.07) is 7.83. The molecular weight excluding hydrogens is 320 g/mol. The number of hydrogen-bond donors (Lipinski definition) is 1. The number of aromatic nitrogens is 3. The van der Waals surface area contributed by atoms with E-state index in [-0.39, 0.29) is 18.2 Å². The van der Waals surface area contributed by atoms with E-state index in [0.717, 1.165) is 24.1 Å². The molecule has 3 rings (SSSR count). The van der Waals surface area contributed by atoms with Crippen LogP contribution < -0.4 is 0 Å². The van der Waals surface area contributed by atoms with Gasteiger partial charge in [-0.15, -0.1) is 5.10 Å². The van der Waals surface area contributed by atoms with Gasteiger partial charge in [0.05, 0.1) is 11.9 Å². The molecule has 7 nitrogen and oxygen atoms in total. The van der Waals surface area contributed by atoms with Crippen LogP contribution in [0.1, 0.15) is 41.7 Å². The van der Waals surface area contributed by atoms with Crippen LogP contribution >= 0.6 is 0 Å². The molecule has 1 amide bonds. The highest BCUT2D eigenvalue weighted by Crippen LogP contribution is 2.22. The molecule has 1 aliphatic heterocycles. The van der Waals surface area contributed by atoms with Gasteiger partial charge in [-0.25, -0.2) is 4.68 Å². The minimum absolute atomic E-state index is 0.140. The van der Waals surface area contributed by atoms with Gasteiger partial charge in [-0.2, -0.15) is 0 Å². The van der Waals surface area contributed by atoms with Crippen molar-refractivity contribution in [2.75, 3.05) is 13.1 Å². The van der Waals surface area contributed by atoms with Crippen LogP contribution in [0.25, 0.3) is 5.69 Å². The number of carboxylic acid groups (broad SMARTS) is 1. The van der Waals surface area contributed by atoms with E-state index in [1.807, 2.05) is 31.2 Å². The summed E-state index contributed by atoms with van der Waals surface area (Å²) in [6.07, 6.45) is 4.26. The fourth-order valence-corrected chi connectivity index (χ4v) is 3.23. The fraction of sp³-hybridized carbons (Fsp3) is 0.444. The molecule has 1 saturated heterocycles. The zero-order chi connectivity index (χ0) is 17.8.